The number of hydrogen-bond donors (Lipinski definition) is 4. The van der Waals surface area contributed by atoms with Gasteiger partial charge in [-0.2, -0.15) is 0 Å². The molecule has 0 aromatic carbocycles. The third kappa shape index (κ3) is 11.3. The Morgan fingerprint density at radius 1 is 0.950 bits per heavy atom. The van der Waals surface area contributed by atoms with Crippen LogP contribution in [-0.2, 0) is 4.79 Å². The van der Waals surface area contributed by atoms with Gasteiger partial charge in [0.2, 0.25) is 0 Å². The van der Waals surface area contributed by atoms with Crippen molar-refractivity contribution in [2.45, 2.75) is 58.3 Å². The van der Waals surface area contributed by atoms with Gasteiger partial charge in [-0.3, -0.25) is 0 Å². The molecule has 6 nitrogen and oxygen atoms in total. The molecule has 122 valence electrons. The highest BCUT2D eigenvalue weighted by Crippen LogP contribution is 1.96. The van der Waals surface area contributed by atoms with E-state index in [1.165, 1.54) is 38.9 Å². The summed E-state index contributed by atoms with van der Waals surface area (Å²) in [5, 5.41) is 34.1. The topological polar surface area (TPSA) is 101 Å². The predicted molar refractivity (Wildman–Crippen MR) is 78.5 cm³/mol. The Bertz CT molecular complexity index is 201. The van der Waals surface area contributed by atoms with E-state index in [0.29, 0.717) is 0 Å². The van der Waals surface area contributed by atoms with Crippen LogP contribution in [0.5, 0.6) is 0 Å². The van der Waals surface area contributed by atoms with Gasteiger partial charge >= 0.3 is 0 Å². The Kier molecular flexibility index (Phi) is 16.2. The summed E-state index contributed by atoms with van der Waals surface area (Å²) in [5.74, 6) is 0. The van der Waals surface area contributed by atoms with Crippen LogP contribution in [0.4, 0.5) is 0 Å². The lowest BCUT2D eigenvalue weighted by Gasteiger charge is -2.19. The van der Waals surface area contributed by atoms with Crippen LogP contribution in [0.15, 0.2) is 0 Å². The van der Waals surface area contributed by atoms with E-state index >= 15 is 0 Å². The maximum Gasteiger partial charge on any atom is 0.151 e. The van der Waals surface area contributed by atoms with Gasteiger partial charge in [0, 0.05) is 0 Å². The second kappa shape index (κ2) is 14.9. The van der Waals surface area contributed by atoms with E-state index in [1.54, 1.807) is 0 Å². The molecule has 4 N–H and O–H groups in total. The molecule has 6 heteroatoms. The molecule has 0 heterocycles. The average molecular weight is 293 g/mol. The zero-order chi connectivity index (χ0) is 16.0. The van der Waals surface area contributed by atoms with Crippen LogP contribution >= 0.6 is 0 Å². The average Bonchev–Trinajstić information content (AvgIpc) is 2.46. The van der Waals surface area contributed by atoms with Crippen LogP contribution in [0, 0.1) is 0 Å². The SMILES string of the molecule is CCCN(CCC)CCC.O=C[C@H](O)[C@@H](O)[C@H](O)CO. The van der Waals surface area contributed by atoms with Crippen molar-refractivity contribution in [1.29, 1.82) is 0 Å². The highest BCUT2D eigenvalue weighted by atomic mass is 16.4. The van der Waals surface area contributed by atoms with E-state index in [-0.39, 0.29) is 6.29 Å². The van der Waals surface area contributed by atoms with Crippen LogP contribution in [0.3, 0.4) is 0 Å². The maximum atomic E-state index is 9.76. The molecule has 0 aromatic rings. The summed E-state index contributed by atoms with van der Waals surface area (Å²) in [6, 6.07) is 0. The summed E-state index contributed by atoms with van der Waals surface area (Å²) in [6.45, 7) is 9.89. The molecule has 20 heavy (non-hydrogen) atoms. The Balaban J connectivity index is 0. The van der Waals surface area contributed by atoms with Gasteiger partial charge in [-0.25, -0.2) is 0 Å². The largest absolute Gasteiger partial charge is 0.394 e. The summed E-state index contributed by atoms with van der Waals surface area (Å²) in [5.41, 5.74) is 0. The van der Waals surface area contributed by atoms with Gasteiger partial charge < -0.3 is 30.1 Å². The van der Waals surface area contributed by atoms with E-state index in [1.807, 2.05) is 0 Å². The minimum atomic E-state index is -1.64. The first-order valence-corrected chi connectivity index (χ1v) is 7.30. The highest BCUT2D eigenvalue weighted by molar-refractivity contribution is 5.56. The summed E-state index contributed by atoms with van der Waals surface area (Å²) < 4.78 is 0. The van der Waals surface area contributed by atoms with Crippen LogP contribution < -0.4 is 0 Å². The van der Waals surface area contributed by atoms with Crippen LogP contribution in [-0.4, -0.2) is 76.2 Å². The quantitative estimate of drug-likeness (QED) is 0.415. The summed E-state index contributed by atoms with van der Waals surface area (Å²) in [7, 11) is 0. The Morgan fingerprint density at radius 3 is 1.60 bits per heavy atom. The molecule has 0 aliphatic carbocycles. The number of nitrogens with zero attached hydrogens (tertiary/aromatic N) is 1. The molecule has 0 saturated carbocycles. The van der Waals surface area contributed by atoms with E-state index in [9.17, 15) is 4.79 Å². The van der Waals surface area contributed by atoms with Crippen molar-refractivity contribution in [3.63, 3.8) is 0 Å². The fourth-order valence-electron chi connectivity index (χ4n) is 1.70. The minimum Gasteiger partial charge on any atom is -0.394 e. The molecule has 0 bridgehead atoms. The Morgan fingerprint density at radius 2 is 1.35 bits per heavy atom. The molecule has 0 aromatic heterocycles. The minimum absolute atomic E-state index is 0.0869. The van der Waals surface area contributed by atoms with E-state index in [0.717, 1.165) is 0 Å². The van der Waals surface area contributed by atoms with Gasteiger partial charge in [0.05, 0.1) is 6.61 Å². The van der Waals surface area contributed by atoms with Gasteiger partial charge in [0.1, 0.15) is 18.3 Å². The first-order chi connectivity index (χ1) is 9.48. The number of carbonyl (C=O) groups is 1. The van der Waals surface area contributed by atoms with Crippen LogP contribution in [0.25, 0.3) is 0 Å². The van der Waals surface area contributed by atoms with Gasteiger partial charge in [0.25, 0.3) is 0 Å². The molecule has 0 aliphatic heterocycles. The lowest BCUT2D eigenvalue weighted by atomic mass is 10.1. The molecule has 0 fully saturated rings. The van der Waals surface area contributed by atoms with E-state index in [4.69, 9.17) is 20.4 Å². The molecule has 0 amide bonds. The summed E-state index contributed by atoms with van der Waals surface area (Å²) in [6.07, 6.45) is -0.756. The molecule has 3 atom stereocenters. The van der Waals surface area contributed by atoms with E-state index < -0.39 is 24.9 Å². The van der Waals surface area contributed by atoms with Crippen molar-refractivity contribution < 1.29 is 25.2 Å². The fourth-order valence-corrected chi connectivity index (χ4v) is 1.70. The van der Waals surface area contributed by atoms with Crippen molar-refractivity contribution in [3.8, 4) is 0 Å². The Hall–Kier alpha value is -0.530. The number of aliphatic hydroxyl groups excluding tert-OH is 4. The van der Waals surface area contributed by atoms with Crippen molar-refractivity contribution in [2.24, 2.45) is 0 Å². The first-order valence-electron chi connectivity index (χ1n) is 7.30. The van der Waals surface area contributed by atoms with Gasteiger partial charge in [-0.05, 0) is 38.9 Å². The van der Waals surface area contributed by atoms with Crippen molar-refractivity contribution in [2.75, 3.05) is 26.2 Å². The van der Waals surface area contributed by atoms with Gasteiger partial charge in [-0.15, -0.1) is 0 Å². The van der Waals surface area contributed by atoms with Gasteiger partial charge in [-0.1, -0.05) is 20.8 Å². The molecule has 0 saturated heterocycles. The lowest BCUT2D eigenvalue weighted by molar-refractivity contribution is -0.127. The number of aliphatic hydroxyl groups is 4. The lowest BCUT2D eigenvalue weighted by Crippen LogP contribution is -2.40. The van der Waals surface area contributed by atoms with Crippen molar-refractivity contribution in [1.82, 2.24) is 4.90 Å². The fraction of sp³-hybridized carbons (Fsp3) is 0.929. The predicted octanol–water partition coefficient (Wildman–Crippen LogP) is -0.221. The van der Waals surface area contributed by atoms with Gasteiger partial charge in [0.15, 0.2) is 6.29 Å². The number of carbonyl (C=O) groups excluding carboxylic acids is 1. The van der Waals surface area contributed by atoms with Crippen LogP contribution in [0.2, 0.25) is 0 Å². The van der Waals surface area contributed by atoms with Crippen molar-refractivity contribution >= 4 is 6.29 Å². The third-order valence-electron chi connectivity index (χ3n) is 2.69. The normalized spacial score (nSPS) is 15.2. The number of aldehydes is 1. The molecule has 0 unspecified atom stereocenters. The van der Waals surface area contributed by atoms with Crippen LogP contribution in [0.1, 0.15) is 40.0 Å². The standard InChI is InChI=1S/C9H21N.C5H10O5/c1-4-7-10(8-5-2)9-6-3;6-1-3(8)5(10)4(9)2-7/h4-9H2,1-3H3;1,3-5,7-10H,2H2/t;3-,4+,5+/m.0/s1. The second-order valence-corrected chi connectivity index (χ2v) is 4.71. The third-order valence-corrected chi connectivity index (χ3v) is 2.69. The smallest absolute Gasteiger partial charge is 0.151 e. The molecular weight excluding hydrogens is 262 g/mol. The molecule has 0 rings (SSSR count). The highest BCUT2D eigenvalue weighted by Gasteiger charge is 2.22. The molecule has 0 aliphatic rings. The second-order valence-electron chi connectivity index (χ2n) is 4.71. The Labute approximate surface area is 122 Å². The molecule has 0 spiro atoms. The summed E-state index contributed by atoms with van der Waals surface area (Å²) in [4.78, 5) is 12.3. The summed E-state index contributed by atoms with van der Waals surface area (Å²) >= 11 is 0. The number of rotatable bonds is 10. The van der Waals surface area contributed by atoms with E-state index in [2.05, 4.69) is 25.7 Å². The zero-order valence-electron chi connectivity index (χ0n) is 12.9. The molecular formula is C14H31NO5. The monoisotopic (exact) mass is 293 g/mol. The zero-order valence-corrected chi connectivity index (χ0v) is 12.9. The first kappa shape index (κ1) is 21.8. The molecule has 0 radical (unpaired) electrons. The maximum absolute atomic E-state index is 9.76. The number of hydrogen-bond acceptors (Lipinski definition) is 6. The van der Waals surface area contributed by atoms with Crippen molar-refractivity contribution in [3.05, 3.63) is 0 Å².